The first-order chi connectivity index (χ1) is 17.7. The number of hydrogen-bond acceptors (Lipinski definition) is 1. The fraction of sp³-hybridized carbons (Fsp3) is 0.333. The highest BCUT2D eigenvalue weighted by Gasteiger charge is 2.32. The summed E-state index contributed by atoms with van der Waals surface area (Å²) in [7, 11) is 0. The van der Waals surface area contributed by atoms with E-state index >= 15 is 0 Å². The normalized spacial score (nSPS) is 19.0. The quantitative estimate of drug-likeness (QED) is 0.216. The van der Waals surface area contributed by atoms with Crippen molar-refractivity contribution in [3.8, 4) is 0 Å². The van der Waals surface area contributed by atoms with Gasteiger partial charge < -0.3 is 10.1 Å². The van der Waals surface area contributed by atoms with E-state index in [1.54, 1.807) is 12.1 Å². The molecule has 3 unspecified atom stereocenters. The summed E-state index contributed by atoms with van der Waals surface area (Å²) < 4.78 is 40.6. The van der Waals surface area contributed by atoms with E-state index in [2.05, 4.69) is 27.0 Å². The van der Waals surface area contributed by atoms with Crippen LogP contribution in [-0.4, -0.2) is 16.2 Å². The second kappa shape index (κ2) is 10.8. The van der Waals surface area contributed by atoms with Crippen molar-refractivity contribution in [2.24, 2.45) is 5.92 Å². The monoisotopic (exact) mass is 589 g/mol. The first kappa shape index (κ1) is 26.3. The minimum Gasteiger partial charge on any atom is -0.393 e. The molecule has 0 saturated heterocycles. The summed E-state index contributed by atoms with van der Waals surface area (Å²) in [5.74, 6) is 0.305. The molecule has 37 heavy (non-hydrogen) atoms. The summed E-state index contributed by atoms with van der Waals surface area (Å²) in [5, 5.41) is 12.5. The summed E-state index contributed by atoms with van der Waals surface area (Å²) in [6, 6.07) is 19.3. The van der Waals surface area contributed by atoms with E-state index in [1.807, 2.05) is 36.4 Å². The number of aryl methyl sites for hydroxylation is 1. The molecule has 0 spiro atoms. The number of aromatic amines is 1. The fourth-order valence-corrected chi connectivity index (χ4v) is 6.10. The topological polar surface area (TPSA) is 36.0 Å². The zero-order valence-corrected chi connectivity index (χ0v) is 22.5. The van der Waals surface area contributed by atoms with Gasteiger partial charge in [-0.2, -0.15) is 13.2 Å². The Morgan fingerprint density at radius 2 is 1.76 bits per heavy atom. The van der Waals surface area contributed by atoms with Crippen LogP contribution < -0.4 is 0 Å². The Hall–Kier alpha value is -2.28. The number of halogens is 5. The molecule has 1 aromatic heterocycles. The van der Waals surface area contributed by atoms with Crippen molar-refractivity contribution in [2.45, 2.75) is 56.7 Å². The van der Waals surface area contributed by atoms with Crippen LogP contribution in [0.1, 0.15) is 59.5 Å². The average molecular weight is 591 g/mol. The largest absolute Gasteiger partial charge is 0.416 e. The number of rotatable bonds is 6. The summed E-state index contributed by atoms with van der Waals surface area (Å²) >= 11 is 9.55. The van der Waals surface area contributed by atoms with Crippen LogP contribution in [0.3, 0.4) is 0 Å². The molecule has 0 radical (unpaired) electrons. The van der Waals surface area contributed by atoms with E-state index in [-0.39, 0.29) is 5.92 Å². The van der Waals surface area contributed by atoms with Crippen molar-refractivity contribution in [1.29, 1.82) is 0 Å². The van der Waals surface area contributed by atoms with Crippen LogP contribution in [0.5, 0.6) is 0 Å². The van der Waals surface area contributed by atoms with Crippen LogP contribution in [-0.2, 0) is 19.0 Å². The molecular weight excluding hydrogens is 563 g/mol. The van der Waals surface area contributed by atoms with Gasteiger partial charge in [-0.1, -0.05) is 51.8 Å². The molecule has 3 atom stereocenters. The van der Waals surface area contributed by atoms with Gasteiger partial charge in [-0.25, -0.2) is 0 Å². The van der Waals surface area contributed by atoms with Crippen molar-refractivity contribution >= 4 is 38.4 Å². The first-order valence-corrected chi connectivity index (χ1v) is 13.7. The van der Waals surface area contributed by atoms with Crippen LogP contribution >= 0.6 is 27.5 Å². The van der Waals surface area contributed by atoms with E-state index < -0.39 is 17.8 Å². The minimum atomic E-state index is -4.36. The molecule has 4 aromatic rings. The number of aromatic nitrogens is 1. The standard InChI is InChI=1S/C30H28BrClF3NO/c31-22-9-14-28-27(17-22)25-13-4-19(3-12-24(37)15-18-1-10-23(32)11-2-18)16-26(29(25)36-28)20-5-7-21(8-6-20)30(33,34)35/h1-2,5-11,14,17,19,24,26,36-37H,3-4,12-13,15-16H2. The summed E-state index contributed by atoms with van der Waals surface area (Å²) in [5.41, 5.74) is 4.68. The smallest absolute Gasteiger partial charge is 0.393 e. The highest BCUT2D eigenvalue weighted by Crippen LogP contribution is 2.43. The molecule has 1 aliphatic rings. The number of aliphatic hydroxyl groups is 1. The van der Waals surface area contributed by atoms with Gasteiger partial charge in [0.15, 0.2) is 0 Å². The van der Waals surface area contributed by atoms with Crippen LogP contribution in [0, 0.1) is 5.92 Å². The molecule has 3 aromatic carbocycles. The Kier molecular flexibility index (Phi) is 7.71. The zero-order chi connectivity index (χ0) is 26.2. The van der Waals surface area contributed by atoms with E-state index in [9.17, 15) is 18.3 Å². The predicted octanol–water partition coefficient (Wildman–Crippen LogP) is 9.07. The van der Waals surface area contributed by atoms with Gasteiger partial charge in [0.05, 0.1) is 11.7 Å². The molecule has 194 valence electrons. The van der Waals surface area contributed by atoms with E-state index in [0.717, 1.165) is 57.9 Å². The maximum atomic E-state index is 13.2. The van der Waals surface area contributed by atoms with E-state index in [4.69, 9.17) is 11.6 Å². The van der Waals surface area contributed by atoms with Gasteiger partial charge in [0.1, 0.15) is 0 Å². The summed E-state index contributed by atoms with van der Waals surface area (Å²) in [6.45, 7) is 0. The highest BCUT2D eigenvalue weighted by molar-refractivity contribution is 9.10. The lowest BCUT2D eigenvalue weighted by atomic mass is 9.84. The second-order valence-corrected chi connectivity index (χ2v) is 11.4. The van der Waals surface area contributed by atoms with Crippen LogP contribution in [0.25, 0.3) is 10.9 Å². The molecule has 0 amide bonds. The van der Waals surface area contributed by atoms with Gasteiger partial charge in [-0.05, 0) is 104 Å². The maximum absolute atomic E-state index is 13.2. The van der Waals surface area contributed by atoms with Gasteiger partial charge >= 0.3 is 6.18 Å². The number of aliphatic hydroxyl groups excluding tert-OH is 1. The lowest BCUT2D eigenvalue weighted by molar-refractivity contribution is -0.137. The maximum Gasteiger partial charge on any atom is 0.416 e. The Balaban J connectivity index is 1.39. The Bertz CT molecular complexity index is 1360. The molecule has 0 fully saturated rings. The summed E-state index contributed by atoms with van der Waals surface area (Å²) in [6.07, 6.45) is -0.0280. The van der Waals surface area contributed by atoms with Gasteiger partial charge in [-0.15, -0.1) is 0 Å². The van der Waals surface area contributed by atoms with Crippen molar-refractivity contribution in [3.63, 3.8) is 0 Å². The van der Waals surface area contributed by atoms with Crippen LogP contribution in [0.2, 0.25) is 5.02 Å². The number of fused-ring (bicyclic) bond motifs is 3. The lowest BCUT2D eigenvalue weighted by Gasteiger charge is -2.22. The number of hydrogen-bond donors (Lipinski definition) is 2. The molecule has 1 aliphatic carbocycles. The molecule has 7 heteroatoms. The summed E-state index contributed by atoms with van der Waals surface area (Å²) in [4.78, 5) is 3.60. The fourth-order valence-electron chi connectivity index (χ4n) is 5.62. The number of nitrogens with one attached hydrogen (secondary N) is 1. The highest BCUT2D eigenvalue weighted by atomic mass is 79.9. The molecule has 5 rings (SSSR count). The predicted molar refractivity (Wildman–Crippen MR) is 146 cm³/mol. The van der Waals surface area contributed by atoms with Gasteiger partial charge in [0.2, 0.25) is 0 Å². The third kappa shape index (κ3) is 6.08. The average Bonchev–Trinajstić information content (AvgIpc) is 3.11. The third-order valence-electron chi connectivity index (χ3n) is 7.55. The first-order valence-electron chi connectivity index (χ1n) is 12.6. The molecule has 1 heterocycles. The van der Waals surface area contributed by atoms with E-state index in [0.29, 0.717) is 23.8 Å². The van der Waals surface area contributed by atoms with Crippen LogP contribution in [0.4, 0.5) is 13.2 Å². The molecule has 0 saturated carbocycles. The molecule has 0 bridgehead atoms. The van der Waals surface area contributed by atoms with Gasteiger partial charge in [0.25, 0.3) is 0 Å². The molecule has 2 nitrogen and oxygen atoms in total. The Morgan fingerprint density at radius 1 is 1.03 bits per heavy atom. The number of H-pyrrole nitrogens is 1. The van der Waals surface area contributed by atoms with Crippen molar-refractivity contribution in [1.82, 2.24) is 4.98 Å². The SMILES string of the molecule is OC(CCC1CCc2c([nH]c3ccc(Br)cc23)C(c2ccc(C(F)(F)F)cc2)C1)Cc1ccc(Cl)cc1. The molecule has 2 N–H and O–H groups in total. The minimum absolute atomic E-state index is 0.0376. The Morgan fingerprint density at radius 3 is 2.46 bits per heavy atom. The Labute approximate surface area is 228 Å². The third-order valence-corrected chi connectivity index (χ3v) is 8.30. The van der Waals surface area contributed by atoms with Crippen molar-refractivity contribution in [3.05, 3.63) is 104 Å². The molecule has 0 aliphatic heterocycles. The number of alkyl halides is 3. The molecular formula is C30H28BrClF3NO. The van der Waals surface area contributed by atoms with E-state index in [1.165, 1.54) is 17.7 Å². The lowest BCUT2D eigenvalue weighted by Crippen LogP contribution is -2.15. The van der Waals surface area contributed by atoms with Crippen LogP contribution in [0.15, 0.2) is 71.2 Å². The zero-order valence-electron chi connectivity index (χ0n) is 20.2. The van der Waals surface area contributed by atoms with Crippen molar-refractivity contribution < 1.29 is 18.3 Å². The van der Waals surface area contributed by atoms with Gasteiger partial charge in [-0.3, -0.25) is 0 Å². The number of benzene rings is 3. The van der Waals surface area contributed by atoms with Gasteiger partial charge in [0, 0.05) is 32.0 Å². The second-order valence-electron chi connectivity index (χ2n) is 10.1. The van der Waals surface area contributed by atoms with Crippen molar-refractivity contribution in [2.75, 3.05) is 0 Å².